The van der Waals surface area contributed by atoms with Gasteiger partial charge in [0.15, 0.2) is 0 Å². The summed E-state index contributed by atoms with van der Waals surface area (Å²) in [5.41, 5.74) is 2.62. The van der Waals surface area contributed by atoms with E-state index in [1.165, 1.54) is 18.2 Å². The zero-order valence-corrected chi connectivity index (χ0v) is 16.0. The first-order valence-electron chi connectivity index (χ1n) is 9.43. The molecule has 1 saturated carbocycles. The minimum absolute atomic E-state index is 0.160. The SMILES string of the molecule is Cc1c(F)cccc1[C@]1(C(=O)NO)CCC(c2ccc3nc(C(F)(F)F)[nH]c3c2)C1. The summed E-state index contributed by atoms with van der Waals surface area (Å²) in [6.07, 6.45) is -3.37. The molecule has 0 spiro atoms. The fourth-order valence-electron chi connectivity index (χ4n) is 4.55. The second-order valence-electron chi connectivity index (χ2n) is 7.73. The predicted molar refractivity (Wildman–Crippen MR) is 100 cm³/mol. The zero-order valence-electron chi connectivity index (χ0n) is 16.0. The summed E-state index contributed by atoms with van der Waals surface area (Å²) >= 11 is 0. The Hall–Kier alpha value is -2.94. The van der Waals surface area contributed by atoms with Crippen LogP contribution in [0.2, 0.25) is 0 Å². The standard InChI is InChI=1S/C21H19F4N3O2/c1-11-14(3-2-4-15(11)22)20(19(29)28-30)8-7-13(10-20)12-5-6-16-17(9-12)27-18(26-16)21(23,24)25/h2-6,9,13,30H,7-8,10H2,1H3,(H,26,27)(H,28,29)/t13?,20-/m0/s1. The molecule has 1 aromatic heterocycles. The second kappa shape index (κ2) is 7.09. The van der Waals surface area contributed by atoms with Crippen LogP contribution >= 0.6 is 0 Å². The van der Waals surface area contributed by atoms with Crippen LogP contribution in [0.3, 0.4) is 0 Å². The molecule has 0 bridgehead atoms. The summed E-state index contributed by atoms with van der Waals surface area (Å²) in [6, 6.07) is 9.31. The van der Waals surface area contributed by atoms with Crippen molar-refractivity contribution >= 4 is 16.9 Å². The van der Waals surface area contributed by atoms with Gasteiger partial charge in [0, 0.05) is 0 Å². The van der Waals surface area contributed by atoms with Gasteiger partial charge in [-0.3, -0.25) is 10.0 Å². The molecule has 0 aliphatic heterocycles. The van der Waals surface area contributed by atoms with Crippen LogP contribution in [0, 0.1) is 12.7 Å². The number of alkyl halides is 3. The lowest BCUT2D eigenvalue weighted by Crippen LogP contribution is -2.42. The number of hydrogen-bond acceptors (Lipinski definition) is 3. The molecule has 3 aromatic rings. The lowest BCUT2D eigenvalue weighted by atomic mass is 9.75. The number of H-pyrrole nitrogens is 1. The van der Waals surface area contributed by atoms with E-state index in [4.69, 9.17) is 0 Å². The van der Waals surface area contributed by atoms with E-state index < -0.39 is 29.1 Å². The number of nitrogens with one attached hydrogen (secondary N) is 2. The number of amides is 1. The van der Waals surface area contributed by atoms with E-state index >= 15 is 0 Å². The second-order valence-corrected chi connectivity index (χ2v) is 7.73. The number of carbonyl (C=O) groups excluding carboxylic acids is 1. The van der Waals surface area contributed by atoms with E-state index in [9.17, 15) is 27.6 Å². The van der Waals surface area contributed by atoms with Crippen LogP contribution in [0.15, 0.2) is 36.4 Å². The van der Waals surface area contributed by atoms with E-state index in [-0.39, 0.29) is 23.4 Å². The van der Waals surface area contributed by atoms with Gasteiger partial charge in [0.1, 0.15) is 5.82 Å². The van der Waals surface area contributed by atoms with Gasteiger partial charge in [-0.2, -0.15) is 13.2 Å². The maximum atomic E-state index is 14.2. The first-order valence-corrected chi connectivity index (χ1v) is 9.43. The quantitative estimate of drug-likeness (QED) is 0.325. The van der Waals surface area contributed by atoms with Crippen molar-refractivity contribution in [2.24, 2.45) is 0 Å². The Kier molecular flexibility index (Phi) is 4.80. The van der Waals surface area contributed by atoms with Crippen molar-refractivity contribution in [3.05, 3.63) is 64.7 Å². The number of halogens is 4. The third-order valence-corrected chi connectivity index (χ3v) is 6.08. The Labute approximate surface area is 169 Å². The Balaban J connectivity index is 1.72. The number of fused-ring (bicyclic) bond motifs is 1. The van der Waals surface area contributed by atoms with Gasteiger partial charge in [-0.25, -0.2) is 14.9 Å². The molecule has 9 heteroatoms. The van der Waals surface area contributed by atoms with Crippen molar-refractivity contribution in [3.63, 3.8) is 0 Å². The number of hydroxylamine groups is 1. The number of aromatic amines is 1. The highest BCUT2D eigenvalue weighted by Crippen LogP contribution is 2.50. The molecule has 1 heterocycles. The van der Waals surface area contributed by atoms with Crippen molar-refractivity contribution in [1.82, 2.24) is 15.4 Å². The van der Waals surface area contributed by atoms with Crippen LogP contribution in [-0.2, 0) is 16.4 Å². The number of aromatic nitrogens is 2. The molecule has 1 amide bonds. The highest BCUT2D eigenvalue weighted by Gasteiger charge is 2.48. The minimum Gasteiger partial charge on any atom is -0.334 e. The Morgan fingerprint density at radius 3 is 2.77 bits per heavy atom. The fraction of sp³-hybridized carbons (Fsp3) is 0.333. The summed E-state index contributed by atoms with van der Waals surface area (Å²) in [7, 11) is 0. The Bertz CT molecular complexity index is 1130. The summed E-state index contributed by atoms with van der Waals surface area (Å²) in [4.78, 5) is 18.5. The van der Waals surface area contributed by atoms with Crippen molar-refractivity contribution in [1.29, 1.82) is 0 Å². The molecule has 0 radical (unpaired) electrons. The molecular formula is C21H19F4N3O2. The molecule has 5 nitrogen and oxygen atoms in total. The summed E-state index contributed by atoms with van der Waals surface area (Å²) in [5, 5.41) is 9.35. The lowest BCUT2D eigenvalue weighted by Gasteiger charge is -2.29. The molecule has 3 N–H and O–H groups in total. The van der Waals surface area contributed by atoms with Gasteiger partial charge in [-0.15, -0.1) is 0 Å². The van der Waals surface area contributed by atoms with Crippen molar-refractivity contribution in [2.45, 2.75) is 43.7 Å². The number of rotatable bonds is 3. The van der Waals surface area contributed by atoms with Gasteiger partial charge < -0.3 is 4.98 Å². The molecule has 1 aliphatic carbocycles. The van der Waals surface area contributed by atoms with E-state index in [1.54, 1.807) is 30.6 Å². The van der Waals surface area contributed by atoms with Crippen LogP contribution in [0.4, 0.5) is 17.6 Å². The number of imidazole rings is 1. The van der Waals surface area contributed by atoms with Crippen LogP contribution in [0.25, 0.3) is 11.0 Å². The third kappa shape index (κ3) is 3.23. The average molecular weight is 421 g/mol. The molecule has 1 unspecified atom stereocenters. The number of nitrogens with zero attached hydrogens (tertiary/aromatic N) is 1. The highest BCUT2D eigenvalue weighted by atomic mass is 19.4. The van der Waals surface area contributed by atoms with Crippen LogP contribution < -0.4 is 5.48 Å². The Morgan fingerprint density at radius 1 is 1.30 bits per heavy atom. The molecule has 4 rings (SSSR count). The smallest absolute Gasteiger partial charge is 0.334 e. The first-order chi connectivity index (χ1) is 14.2. The molecule has 2 atom stereocenters. The van der Waals surface area contributed by atoms with E-state index in [1.807, 2.05) is 0 Å². The molecular weight excluding hydrogens is 402 g/mol. The monoisotopic (exact) mass is 421 g/mol. The molecule has 1 aliphatic rings. The van der Waals surface area contributed by atoms with Crippen LogP contribution in [-0.4, -0.2) is 21.1 Å². The van der Waals surface area contributed by atoms with Gasteiger partial charge in [-0.1, -0.05) is 18.2 Å². The van der Waals surface area contributed by atoms with Gasteiger partial charge in [0.05, 0.1) is 16.4 Å². The third-order valence-electron chi connectivity index (χ3n) is 6.08. The average Bonchev–Trinajstić information content (AvgIpc) is 3.34. The van der Waals surface area contributed by atoms with Crippen LogP contribution in [0.1, 0.15) is 47.7 Å². The van der Waals surface area contributed by atoms with Crippen molar-refractivity contribution in [2.75, 3.05) is 0 Å². The molecule has 2 aromatic carbocycles. The molecule has 1 fully saturated rings. The maximum absolute atomic E-state index is 14.2. The molecule has 30 heavy (non-hydrogen) atoms. The van der Waals surface area contributed by atoms with Gasteiger partial charge >= 0.3 is 6.18 Å². The normalized spacial score (nSPS) is 21.9. The maximum Gasteiger partial charge on any atom is 0.449 e. The van der Waals surface area contributed by atoms with Gasteiger partial charge in [0.2, 0.25) is 5.82 Å². The summed E-state index contributed by atoms with van der Waals surface area (Å²) < 4.78 is 52.9. The van der Waals surface area contributed by atoms with Crippen LogP contribution in [0.5, 0.6) is 0 Å². The van der Waals surface area contributed by atoms with E-state index in [0.29, 0.717) is 24.0 Å². The summed E-state index contributed by atoms with van der Waals surface area (Å²) in [6.45, 7) is 1.58. The number of carbonyl (C=O) groups is 1. The van der Waals surface area contributed by atoms with Crippen molar-refractivity contribution < 1.29 is 27.6 Å². The van der Waals surface area contributed by atoms with E-state index in [2.05, 4.69) is 9.97 Å². The molecule has 158 valence electrons. The number of hydrogen-bond donors (Lipinski definition) is 3. The summed E-state index contributed by atoms with van der Waals surface area (Å²) in [5.74, 6) is -2.29. The Morgan fingerprint density at radius 2 is 2.07 bits per heavy atom. The fourth-order valence-corrected chi connectivity index (χ4v) is 4.55. The molecule has 0 saturated heterocycles. The minimum atomic E-state index is -4.57. The predicted octanol–water partition coefficient (Wildman–Crippen LogP) is 4.74. The first kappa shape index (κ1) is 20.3. The van der Waals surface area contributed by atoms with Gasteiger partial charge in [0.25, 0.3) is 5.91 Å². The number of benzene rings is 2. The van der Waals surface area contributed by atoms with E-state index in [0.717, 1.165) is 5.56 Å². The van der Waals surface area contributed by atoms with Crippen molar-refractivity contribution in [3.8, 4) is 0 Å². The highest BCUT2D eigenvalue weighted by molar-refractivity contribution is 5.88. The largest absolute Gasteiger partial charge is 0.449 e. The topological polar surface area (TPSA) is 78.0 Å². The van der Waals surface area contributed by atoms with Gasteiger partial charge in [-0.05, 0) is 67.0 Å². The zero-order chi connectivity index (χ0) is 21.7. The lowest BCUT2D eigenvalue weighted by molar-refractivity contribution is -0.144.